The second-order valence-electron chi connectivity index (χ2n) is 7.65. The summed E-state index contributed by atoms with van der Waals surface area (Å²) in [6.45, 7) is 6.42. The molecule has 29 heavy (non-hydrogen) atoms. The van der Waals surface area contributed by atoms with Crippen LogP contribution in [0.25, 0.3) is 22.0 Å². The first-order valence-electron chi connectivity index (χ1n) is 10.1. The van der Waals surface area contributed by atoms with Crippen LogP contribution in [0.15, 0.2) is 60.9 Å². The van der Waals surface area contributed by atoms with Crippen LogP contribution in [0, 0.1) is 6.92 Å². The molecule has 2 aromatic carbocycles. The zero-order chi connectivity index (χ0) is 20.4. The molecule has 4 rings (SSSR count). The van der Waals surface area contributed by atoms with Crippen molar-refractivity contribution in [1.82, 2.24) is 15.0 Å². The Labute approximate surface area is 171 Å². The highest BCUT2D eigenvalue weighted by Gasteiger charge is 2.13. The van der Waals surface area contributed by atoms with E-state index in [-0.39, 0.29) is 5.92 Å². The molecule has 0 saturated heterocycles. The monoisotopic (exact) mass is 382 g/mol. The van der Waals surface area contributed by atoms with Crippen molar-refractivity contribution in [2.75, 3.05) is 5.73 Å². The summed E-state index contributed by atoms with van der Waals surface area (Å²) < 4.78 is 0. The van der Waals surface area contributed by atoms with Crippen molar-refractivity contribution < 1.29 is 0 Å². The molecule has 0 spiro atoms. The second-order valence-corrected chi connectivity index (χ2v) is 7.65. The third-order valence-electron chi connectivity index (χ3n) is 5.52. The molecule has 4 aromatic rings. The number of nitrogen functional groups attached to an aromatic ring is 1. The van der Waals surface area contributed by atoms with Gasteiger partial charge in [-0.05, 0) is 66.3 Å². The van der Waals surface area contributed by atoms with Gasteiger partial charge in [-0.1, -0.05) is 44.2 Å². The minimum atomic E-state index is 0.240. The number of pyridine rings is 1. The Kier molecular flexibility index (Phi) is 5.26. The zero-order valence-corrected chi connectivity index (χ0v) is 17.2. The molecule has 2 aromatic heterocycles. The van der Waals surface area contributed by atoms with E-state index < -0.39 is 0 Å². The molecule has 2 heterocycles. The summed E-state index contributed by atoms with van der Waals surface area (Å²) in [4.78, 5) is 13.4. The lowest BCUT2D eigenvalue weighted by atomic mass is 9.95. The van der Waals surface area contributed by atoms with Crippen LogP contribution in [0.1, 0.15) is 42.3 Å². The number of aromatic nitrogens is 3. The minimum absolute atomic E-state index is 0.240. The number of nitrogens with two attached hydrogens (primary N) is 1. The third-order valence-corrected chi connectivity index (χ3v) is 5.52. The van der Waals surface area contributed by atoms with Crippen LogP contribution in [0.2, 0.25) is 0 Å². The van der Waals surface area contributed by atoms with Crippen molar-refractivity contribution in [2.45, 2.75) is 39.5 Å². The van der Waals surface area contributed by atoms with Crippen LogP contribution >= 0.6 is 0 Å². The van der Waals surface area contributed by atoms with E-state index in [2.05, 4.69) is 90.3 Å². The fourth-order valence-corrected chi connectivity index (χ4v) is 3.78. The molecule has 0 aliphatic heterocycles. The van der Waals surface area contributed by atoms with Gasteiger partial charge in [0.1, 0.15) is 12.1 Å². The number of fused-ring (bicyclic) bond motifs is 1. The van der Waals surface area contributed by atoms with E-state index in [4.69, 9.17) is 5.73 Å². The van der Waals surface area contributed by atoms with Crippen LogP contribution in [0.3, 0.4) is 0 Å². The van der Waals surface area contributed by atoms with E-state index >= 15 is 0 Å². The molecular weight excluding hydrogens is 356 g/mol. The van der Waals surface area contributed by atoms with E-state index in [1.165, 1.54) is 16.7 Å². The maximum atomic E-state index is 6.30. The normalized spacial score (nSPS) is 12.2. The quantitative estimate of drug-likeness (QED) is 0.495. The number of nitrogens with zero attached hydrogens (tertiary/aromatic N) is 3. The third kappa shape index (κ3) is 3.97. The molecule has 0 amide bonds. The van der Waals surface area contributed by atoms with Crippen LogP contribution in [-0.2, 0) is 12.8 Å². The van der Waals surface area contributed by atoms with Gasteiger partial charge in [0.25, 0.3) is 0 Å². The summed E-state index contributed by atoms with van der Waals surface area (Å²) in [6.07, 6.45) is 3.36. The molecule has 4 nitrogen and oxygen atoms in total. The molecule has 1 unspecified atom stereocenters. The Hall–Kier alpha value is -3.27. The average molecular weight is 383 g/mol. The zero-order valence-electron chi connectivity index (χ0n) is 17.2. The number of hydrogen-bond acceptors (Lipinski definition) is 4. The molecule has 146 valence electrons. The lowest BCUT2D eigenvalue weighted by Crippen LogP contribution is -2.06. The summed E-state index contributed by atoms with van der Waals surface area (Å²) in [5.41, 5.74) is 14.1. The van der Waals surface area contributed by atoms with Crippen LogP contribution in [0.5, 0.6) is 0 Å². The lowest BCUT2D eigenvalue weighted by Gasteiger charge is -2.14. The lowest BCUT2D eigenvalue weighted by molar-refractivity contribution is 0.722. The van der Waals surface area contributed by atoms with Gasteiger partial charge in [-0.25, -0.2) is 15.0 Å². The Balaban J connectivity index is 1.69. The molecule has 0 aliphatic carbocycles. The standard InChI is InChI=1S/C25H26N4/c1-4-21-14-24(28-15-27-21)17(3)11-20-13-19-12-18(9-10-23(19)29-25(20)26)22-8-6-5-7-16(22)2/h5-10,12-15,17H,4,11H2,1-3H3,(H2,26,29). The largest absolute Gasteiger partial charge is 0.383 e. The maximum absolute atomic E-state index is 6.30. The van der Waals surface area contributed by atoms with Crippen LogP contribution in [0.4, 0.5) is 5.82 Å². The first kappa shape index (κ1) is 19.1. The minimum Gasteiger partial charge on any atom is -0.383 e. The van der Waals surface area contributed by atoms with E-state index in [0.29, 0.717) is 5.82 Å². The molecule has 2 N–H and O–H groups in total. The molecule has 4 heteroatoms. The van der Waals surface area contributed by atoms with Gasteiger partial charge >= 0.3 is 0 Å². The molecule has 0 aliphatic rings. The highest BCUT2D eigenvalue weighted by atomic mass is 14.8. The predicted octanol–water partition coefficient (Wildman–Crippen LogP) is 5.49. The molecule has 0 fully saturated rings. The molecule has 1 atom stereocenters. The SMILES string of the molecule is CCc1cc(C(C)Cc2cc3cc(-c4ccccc4C)ccc3nc2N)ncn1. The number of rotatable bonds is 5. The van der Waals surface area contributed by atoms with Gasteiger partial charge < -0.3 is 5.73 Å². The Morgan fingerprint density at radius 2 is 1.83 bits per heavy atom. The molecule has 0 radical (unpaired) electrons. The predicted molar refractivity (Wildman–Crippen MR) is 120 cm³/mol. The van der Waals surface area contributed by atoms with E-state index in [9.17, 15) is 0 Å². The second kappa shape index (κ2) is 8.00. The van der Waals surface area contributed by atoms with E-state index in [0.717, 1.165) is 40.7 Å². The topological polar surface area (TPSA) is 64.7 Å². The highest BCUT2D eigenvalue weighted by Crippen LogP contribution is 2.29. The Morgan fingerprint density at radius 3 is 2.62 bits per heavy atom. The van der Waals surface area contributed by atoms with Crippen molar-refractivity contribution in [2.24, 2.45) is 0 Å². The number of benzene rings is 2. The summed E-state index contributed by atoms with van der Waals surface area (Å²) >= 11 is 0. The van der Waals surface area contributed by atoms with E-state index in [1.54, 1.807) is 6.33 Å². The van der Waals surface area contributed by atoms with Crippen molar-refractivity contribution in [3.8, 4) is 11.1 Å². The van der Waals surface area contributed by atoms with Gasteiger partial charge in [0.05, 0.1) is 5.52 Å². The summed E-state index contributed by atoms with van der Waals surface area (Å²) in [5, 5.41) is 1.11. The van der Waals surface area contributed by atoms with E-state index in [1.807, 2.05) is 0 Å². The van der Waals surface area contributed by atoms with Crippen LogP contribution < -0.4 is 5.73 Å². The fourth-order valence-electron chi connectivity index (χ4n) is 3.78. The number of hydrogen-bond donors (Lipinski definition) is 1. The molecular formula is C25H26N4. The van der Waals surface area contributed by atoms with Gasteiger partial charge in [-0.15, -0.1) is 0 Å². The number of aryl methyl sites for hydroxylation is 2. The van der Waals surface area contributed by atoms with Crippen molar-refractivity contribution in [1.29, 1.82) is 0 Å². The first-order chi connectivity index (χ1) is 14.0. The van der Waals surface area contributed by atoms with Gasteiger partial charge in [-0.3, -0.25) is 0 Å². The molecule has 0 saturated carbocycles. The Morgan fingerprint density at radius 1 is 1.00 bits per heavy atom. The number of anilines is 1. The van der Waals surface area contributed by atoms with Crippen molar-refractivity contribution in [3.05, 3.63) is 83.4 Å². The van der Waals surface area contributed by atoms with Gasteiger partial charge in [-0.2, -0.15) is 0 Å². The summed E-state index contributed by atoms with van der Waals surface area (Å²) in [7, 11) is 0. The smallest absolute Gasteiger partial charge is 0.127 e. The first-order valence-corrected chi connectivity index (χ1v) is 10.1. The maximum Gasteiger partial charge on any atom is 0.127 e. The molecule has 0 bridgehead atoms. The fraction of sp³-hybridized carbons (Fsp3) is 0.240. The van der Waals surface area contributed by atoms with Crippen molar-refractivity contribution >= 4 is 16.7 Å². The van der Waals surface area contributed by atoms with Crippen molar-refractivity contribution in [3.63, 3.8) is 0 Å². The summed E-state index contributed by atoms with van der Waals surface area (Å²) in [5.74, 6) is 0.835. The van der Waals surface area contributed by atoms with Gasteiger partial charge in [0.15, 0.2) is 0 Å². The van der Waals surface area contributed by atoms with Crippen LogP contribution in [-0.4, -0.2) is 15.0 Å². The highest BCUT2D eigenvalue weighted by molar-refractivity contribution is 5.87. The average Bonchev–Trinajstić information content (AvgIpc) is 2.74. The van der Waals surface area contributed by atoms with Gasteiger partial charge in [0, 0.05) is 22.7 Å². The Bertz CT molecular complexity index is 1170. The summed E-state index contributed by atoms with van der Waals surface area (Å²) in [6, 6.07) is 19.1. The van der Waals surface area contributed by atoms with Gasteiger partial charge in [0.2, 0.25) is 0 Å².